The number of hydrogen-bond acceptors (Lipinski definition) is 4. The molecule has 2 unspecified atom stereocenters. The van der Waals surface area contributed by atoms with E-state index in [-0.39, 0.29) is 24.7 Å². The van der Waals surface area contributed by atoms with E-state index in [0.29, 0.717) is 0 Å². The molecule has 0 aromatic rings. The molecule has 0 radical (unpaired) electrons. The van der Waals surface area contributed by atoms with Crippen molar-refractivity contribution in [3.63, 3.8) is 0 Å². The normalized spacial score (nSPS) is 14.8. The number of aliphatic carboxylic acids is 1. The zero-order valence-corrected chi connectivity index (χ0v) is 10.8. The summed E-state index contributed by atoms with van der Waals surface area (Å²) < 4.78 is 4.80. The summed E-state index contributed by atoms with van der Waals surface area (Å²) in [6.07, 6.45) is -1.91. The average molecular weight is 246 g/mol. The molecule has 100 valence electrons. The molecule has 5 heteroatoms. The maximum absolute atomic E-state index is 11.4. The monoisotopic (exact) mass is 246 g/mol. The highest BCUT2D eigenvalue weighted by atomic mass is 16.6. The van der Waals surface area contributed by atoms with Gasteiger partial charge in [-0.1, -0.05) is 27.7 Å². The number of ether oxygens (including phenoxy) is 1. The van der Waals surface area contributed by atoms with Crippen LogP contribution in [0.5, 0.6) is 0 Å². The third-order valence-electron chi connectivity index (χ3n) is 2.19. The highest BCUT2D eigenvalue weighted by molar-refractivity contribution is 5.80. The predicted octanol–water partition coefficient (Wildman–Crippen LogP) is 1.44. The van der Waals surface area contributed by atoms with E-state index < -0.39 is 24.1 Å². The minimum atomic E-state index is -1.25. The van der Waals surface area contributed by atoms with Gasteiger partial charge >= 0.3 is 11.9 Å². The van der Waals surface area contributed by atoms with E-state index in [4.69, 9.17) is 9.84 Å². The van der Waals surface area contributed by atoms with Gasteiger partial charge in [-0.05, 0) is 24.7 Å². The Bertz CT molecular complexity index is 260. The fraction of sp³-hybridized carbons (Fsp3) is 0.833. The molecular formula is C12H22O5. The summed E-state index contributed by atoms with van der Waals surface area (Å²) in [5.41, 5.74) is 0. The molecule has 2 atom stereocenters. The van der Waals surface area contributed by atoms with Gasteiger partial charge in [-0.15, -0.1) is 0 Å². The molecule has 0 amide bonds. The molecule has 17 heavy (non-hydrogen) atoms. The Morgan fingerprint density at radius 2 is 1.53 bits per heavy atom. The summed E-state index contributed by atoms with van der Waals surface area (Å²) in [4.78, 5) is 22.3. The number of carboxylic acids is 1. The molecular weight excluding hydrogens is 224 g/mol. The van der Waals surface area contributed by atoms with Crippen molar-refractivity contribution in [2.24, 2.45) is 11.8 Å². The molecule has 0 heterocycles. The van der Waals surface area contributed by atoms with E-state index in [1.54, 1.807) is 0 Å². The second-order valence-electron chi connectivity index (χ2n) is 5.04. The van der Waals surface area contributed by atoms with Crippen molar-refractivity contribution < 1.29 is 24.5 Å². The third-order valence-corrected chi connectivity index (χ3v) is 2.19. The van der Waals surface area contributed by atoms with E-state index in [1.807, 2.05) is 27.7 Å². The van der Waals surface area contributed by atoms with Crippen molar-refractivity contribution >= 4 is 11.9 Å². The van der Waals surface area contributed by atoms with Gasteiger partial charge < -0.3 is 14.9 Å². The first-order chi connectivity index (χ1) is 7.73. The maximum atomic E-state index is 11.4. The first kappa shape index (κ1) is 15.9. The lowest BCUT2D eigenvalue weighted by Gasteiger charge is -2.18. The Labute approximate surface area is 102 Å². The molecule has 0 saturated heterocycles. The van der Waals surface area contributed by atoms with E-state index in [0.717, 1.165) is 0 Å². The molecule has 0 saturated carbocycles. The first-order valence-electron chi connectivity index (χ1n) is 5.85. The van der Waals surface area contributed by atoms with Crippen LogP contribution in [-0.4, -0.2) is 34.4 Å². The Morgan fingerprint density at radius 1 is 1.06 bits per heavy atom. The van der Waals surface area contributed by atoms with Gasteiger partial charge in [0.15, 0.2) is 12.2 Å². The second kappa shape index (κ2) is 7.27. The maximum Gasteiger partial charge on any atom is 0.345 e. The van der Waals surface area contributed by atoms with Gasteiger partial charge in [0.25, 0.3) is 0 Å². The molecule has 5 nitrogen and oxygen atoms in total. The van der Waals surface area contributed by atoms with E-state index >= 15 is 0 Å². The van der Waals surface area contributed by atoms with Crippen LogP contribution in [-0.2, 0) is 14.3 Å². The highest BCUT2D eigenvalue weighted by Gasteiger charge is 2.27. The lowest BCUT2D eigenvalue weighted by Crippen LogP contribution is -2.34. The minimum Gasteiger partial charge on any atom is -0.479 e. The molecule has 0 aliphatic carbocycles. The average Bonchev–Trinajstić information content (AvgIpc) is 2.14. The fourth-order valence-corrected chi connectivity index (χ4v) is 1.39. The summed E-state index contributed by atoms with van der Waals surface area (Å²) in [7, 11) is 0. The van der Waals surface area contributed by atoms with Gasteiger partial charge in [0.05, 0.1) is 0 Å². The number of rotatable bonds is 7. The van der Waals surface area contributed by atoms with Crippen molar-refractivity contribution in [2.75, 3.05) is 0 Å². The molecule has 0 bridgehead atoms. The van der Waals surface area contributed by atoms with Crippen LogP contribution < -0.4 is 0 Å². The SMILES string of the molecule is CC(C)CC(O)C(=O)OC(CC(C)C)C(=O)O. The largest absolute Gasteiger partial charge is 0.479 e. The predicted molar refractivity (Wildman–Crippen MR) is 62.4 cm³/mol. The fourth-order valence-electron chi connectivity index (χ4n) is 1.39. The van der Waals surface area contributed by atoms with Crippen LogP contribution in [0, 0.1) is 11.8 Å². The molecule has 0 aliphatic heterocycles. The number of aliphatic hydroxyl groups excluding tert-OH is 1. The summed E-state index contributed by atoms with van der Waals surface area (Å²) in [5.74, 6) is -1.78. The lowest BCUT2D eigenvalue weighted by atomic mass is 10.0. The van der Waals surface area contributed by atoms with Crippen LogP contribution in [0.25, 0.3) is 0 Å². The van der Waals surface area contributed by atoms with Crippen molar-refractivity contribution in [1.29, 1.82) is 0 Å². The molecule has 0 aromatic heterocycles. The lowest BCUT2D eigenvalue weighted by molar-refractivity contribution is -0.171. The standard InChI is InChI=1S/C12H22O5/c1-7(2)5-9(13)12(16)17-10(11(14)15)6-8(3)4/h7-10,13H,5-6H2,1-4H3,(H,14,15). The topological polar surface area (TPSA) is 83.8 Å². The molecule has 0 spiro atoms. The van der Waals surface area contributed by atoms with E-state index in [9.17, 15) is 14.7 Å². The Hall–Kier alpha value is -1.10. The van der Waals surface area contributed by atoms with Gasteiger partial charge in [-0.25, -0.2) is 9.59 Å². The smallest absolute Gasteiger partial charge is 0.345 e. The van der Waals surface area contributed by atoms with Crippen LogP contribution in [0.4, 0.5) is 0 Å². The molecule has 0 aromatic carbocycles. The van der Waals surface area contributed by atoms with Crippen molar-refractivity contribution in [2.45, 2.75) is 52.7 Å². The van der Waals surface area contributed by atoms with Crippen molar-refractivity contribution in [3.05, 3.63) is 0 Å². The number of hydrogen-bond donors (Lipinski definition) is 2. The first-order valence-corrected chi connectivity index (χ1v) is 5.85. The summed E-state index contributed by atoms with van der Waals surface area (Å²) in [6.45, 7) is 7.40. The summed E-state index contributed by atoms with van der Waals surface area (Å²) >= 11 is 0. The second-order valence-corrected chi connectivity index (χ2v) is 5.04. The van der Waals surface area contributed by atoms with Crippen molar-refractivity contribution in [1.82, 2.24) is 0 Å². The van der Waals surface area contributed by atoms with Gasteiger partial charge in [0.1, 0.15) is 0 Å². The van der Waals surface area contributed by atoms with Crippen LogP contribution in [0.2, 0.25) is 0 Å². The van der Waals surface area contributed by atoms with Crippen LogP contribution in [0.1, 0.15) is 40.5 Å². The zero-order chi connectivity index (χ0) is 13.6. The molecule has 0 fully saturated rings. The number of carbonyl (C=O) groups is 2. The Morgan fingerprint density at radius 3 is 1.88 bits per heavy atom. The van der Waals surface area contributed by atoms with Gasteiger partial charge in [0.2, 0.25) is 0 Å². The van der Waals surface area contributed by atoms with Crippen molar-refractivity contribution in [3.8, 4) is 0 Å². The van der Waals surface area contributed by atoms with E-state index in [1.165, 1.54) is 0 Å². The number of aliphatic hydroxyl groups is 1. The Kier molecular flexibility index (Phi) is 6.80. The number of carboxylic acid groups (broad SMARTS) is 1. The minimum absolute atomic E-state index is 0.103. The third kappa shape index (κ3) is 6.94. The zero-order valence-electron chi connectivity index (χ0n) is 10.8. The van der Waals surface area contributed by atoms with Gasteiger partial charge in [-0.3, -0.25) is 0 Å². The number of carbonyl (C=O) groups excluding carboxylic acids is 1. The summed E-state index contributed by atoms with van der Waals surface area (Å²) in [5, 5.41) is 18.4. The Balaban J connectivity index is 4.35. The highest BCUT2D eigenvalue weighted by Crippen LogP contribution is 2.12. The molecule has 0 rings (SSSR count). The van der Waals surface area contributed by atoms with Gasteiger partial charge in [-0.2, -0.15) is 0 Å². The van der Waals surface area contributed by atoms with Crippen LogP contribution in [0.15, 0.2) is 0 Å². The molecule has 2 N–H and O–H groups in total. The van der Waals surface area contributed by atoms with Crippen LogP contribution in [0.3, 0.4) is 0 Å². The van der Waals surface area contributed by atoms with E-state index in [2.05, 4.69) is 0 Å². The van der Waals surface area contributed by atoms with Crippen LogP contribution >= 0.6 is 0 Å². The quantitative estimate of drug-likeness (QED) is 0.664. The van der Waals surface area contributed by atoms with Gasteiger partial charge in [0, 0.05) is 0 Å². The number of esters is 1. The molecule has 0 aliphatic rings. The summed E-state index contributed by atoms with van der Waals surface area (Å²) in [6, 6.07) is 0.